The van der Waals surface area contributed by atoms with Crippen molar-refractivity contribution in [1.82, 2.24) is 5.32 Å². The van der Waals surface area contributed by atoms with Gasteiger partial charge in [0.25, 0.3) is 0 Å². The Labute approximate surface area is 105 Å². The van der Waals surface area contributed by atoms with Crippen molar-refractivity contribution in [3.63, 3.8) is 0 Å². The molecule has 2 aliphatic rings. The van der Waals surface area contributed by atoms with Gasteiger partial charge >= 0.3 is 0 Å². The minimum Gasteiger partial charge on any atom is -0.378 e. The lowest BCUT2D eigenvalue weighted by molar-refractivity contribution is -0.0893. The van der Waals surface area contributed by atoms with E-state index in [1.807, 2.05) is 0 Å². The maximum atomic E-state index is 5.94. The average molecular weight is 241 g/mol. The quantitative estimate of drug-likeness (QED) is 0.823. The lowest BCUT2D eigenvalue weighted by Gasteiger charge is -2.37. The van der Waals surface area contributed by atoms with Gasteiger partial charge in [-0.25, -0.2) is 0 Å². The van der Waals surface area contributed by atoms with E-state index in [9.17, 15) is 0 Å². The zero-order chi connectivity index (χ0) is 12.4. The van der Waals surface area contributed by atoms with Gasteiger partial charge in [0.15, 0.2) is 0 Å². The van der Waals surface area contributed by atoms with Crippen LogP contribution in [0.2, 0.25) is 0 Å². The molecule has 0 aliphatic carbocycles. The lowest BCUT2D eigenvalue weighted by Crippen LogP contribution is -2.47. The van der Waals surface area contributed by atoms with Gasteiger partial charge in [-0.05, 0) is 31.2 Å². The summed E-state index contributed by atoms with van der Waals surface area (Å²) in [6, 6.07) is 0.618. The molecule has 2 rings (SSSR count). The lowest BCUT2D eigenvalue weighted by atomic mass is 9.88. The van der Waals surface area contributed by atoms with Gasteiger partial charge in [0.1, 0.15) is 0 Å². The smallest absolute Gasteiger partial charge is 0.0951 e. The Hall–Kier alpha value is -0.120. The Balaban J connectivity index is 1.74. The molecule has 0 saturated carbocycles. The molecule has 1 N–H and O–H groups in total. The summed E-state index contributed by atoms with van der Waals surface area (Å²) in [6.45, 7) is 10.6. The highest BCUT2D eigenvalue weighted by molar-refractivity contribution is 4.92. The zero-order valence-electron chi connectivity index (χ0n) is 11.6. The molecule has 0 aromatic heterocycles. The summed E-state index contributed by atoms with van der Waals surface area (Å²) >= 11 is 0. The van der Waals surface area contributed by atoms with Gasteiger partial charge in [-0.15, -0.1) is 0 Å². The number of ether oxygens (including phenoxy) is 2. The summed E-state index contributed by atoms with van der Waals surface area (Å²) in [6.07, 6.45) is 4.57. The number of hydrogen-bond acceptors (Lipinski definition) is 3. The summed E-state index contributed by atoms with van der Waals surface area (Å²) in [5, 5.41) is 3.69. The highest BCUT2D eigenvalue weighted by Gasteiger charge is 2.40. The van der Waals surface area contributed by atoms with Gasteiger partial charge in [-0.3, -0.25) is 0 Å². The molecule has 2 aliphatic heterocycles. The number of nitrogens with one attached hydrogen (secondary N) is 1. The Morgan fingerprint density at radius 3 is 2.76 bits per heavy atom. The highest BCUT2D eigenvalue weighted by atomic mass is 16.6. The van der Waals surface area contributed by atoms with Gasteiger partial charge in [0.2, 0.25) is 0 Å². The maximum Gasteiger partial charge on any atom is 0.0951 e. The Morgan fingerprint density at radius 2 is 2.12 bits per heavy atom. The fourth-order valence-corrected chi connectivity index (χ4v) is 2.72. The first-order valence-electron chi connectivity index (χ1n) is 6.94. The van der Waals surface area contributed by atoms with E-state index in [-0.39, 0.29) is 5.60 Å². The van der Waals surface area contributed by atoms with E-state index < -0.39 is 0 Å². The Kier molecular flexibility index (Phi) is 4.11. The standard InChI is InChI=1S/C14H27NO2/c1-13(2,3)5-7-15-12-4-8-17-14(10-12)6-9-16-11-14/h12,15H,4-11H2,1-3H3. The van der Waals surface area contributed by atoms with Gasteiger partial charge in [0, 0.05) is 25.7 Å². The van der Waals surface area contributed by atoms with Crippen LogP contribution < -0.4 is 5.32 Å². The van der Waals surface area contributed by atoms with Crippen LogP contribution in [0.15, 0.2) is 0 Å². The van der Waals surface area contributed by atoms with Crippen LogP contribution in [0.1, 0.15) is 46.5 Å². The fraction of sp³-hybridized carbons (Fsp3) is 1.00. The van der Waals surface area contributed by atoms with Crippen LogP contribution in [0.3, 0.4) is 0 Å². The van der Waals surface area contributed by atoms with E-state index in [1.54, 1.807) is 0 Å². The molecule has 0 aromatic rings. The van der Waals surface area contributed by atoms with E-state index in [1.165, 1.54) is 6.42 Å². The van der Waals surface area contributed by atoms with Crippen LogP contribution in [-0.4, -0.2) is 38.0 Å². The van der Waals surface area contributed by atoms with Crippen molar-refractivity contribution in [2.75, 3.05) is 26.4 Å². The van der Waals surface area contributed by atoms with Crippen molar-refractivity contribution in [2.24, 2.45) is 5.41 Å². The molecule has 2 heterocycles. The molecule has 0 aromatic carbocycles. The molecule has 3 nitrogen and oxygen atoms in total. The third-order valence-corrected chi connectivity index (χ3v) is 3.87. The van der Waals surface area contributed by atoms with E-state index in [0.717, 1.165) is 45.6 Å². The molecule has 0 bridgehead atoms. The summed E-state index contributed by atoms with van der Waals surface area (Å²) in [4.78, 5) is 0. The van der Waals surface area contributed by atoms with Crippen LogP contribution in [0, 0.1) is 5.41 Å². The van der Waals surface area contributed by atoms with Crippen molar-refractivity contribution < 1.29 is 9.47 Å². The summed E-state index contributed by atoms with van der Waals surface area (Å²) in [5.41, 5.74) is 0.462. The zero-order valence-corrected chi connectivity index (χ0v) is 11.6. The largest absolute Gasteiger partial charge is 0.378 e. The van der Waals surface area contributed by atoms with Gasteiger partial charge in [-0.2, -0.15) is 0 Å². The number of rotatable bonds is 3. The van der Waals surface area contributed by atoms with Crippen molar-refractivity contribution in [3.8, 4) is 0 Å². The van der Waals surface area contributed by atoms with Crippen LogP contribution in [0.4, 0.5) is 0 Å². The van der Waals surface area contributed by atoms with Crippen molar-refractivity contribution in [2.45, 2.75) is 58.1 Å². The Morgan fingerprint density at radius 1 is 1.29 bits per heavy atom. The molecule has 3 heteroatoms. The molecule has 100 valence electrons. The first-order chi connectivity index (χ1) is 7.99. The van der Waals surface area contributed by atoms with Crippen LogP contribution >= 0.6 is 0 Å². The van der Waals surface area contributed by atoms with Crippen LogP contribution in [-0.2, 0) is 9.47 Å². The predicted octanol–water partition coefficient (Wildman–Crippen LogP) is 2.35. The monoisotopic (exact) mass is 241 g/mol. The summed E-state index contributed by atoms with van der Waals surface area (Å²) in [7, 11) is 0. The Bertz CT molecular complexity index is 241. The molecule has 2 unspecified atom stereocenters. The molecule has 0 amide bonds. The molecule has 2 atom stereocenters. The third kappa shape index (κ3) is 3.94. The molecule has 2 fully saturated rings. The molecule has 2 saturated heterocycles. The second-order valence-electron chi connectivity index (χ2n) is 6.79. The second kappa shape index (κ2) is 5.25. The van der Waals surface area contributed by atoms with E-state index in [4.69, 9.17) is 9.47 Å². The number of hydrogen-bond donors (Lipinski definition) is 1. The summed E-state index contributed by atoms with van der Waals surface area (Å²) < 4.78 is 11.4. The van der Waals surface area contributed by atoms with E-state index in [2.05, 4.69) is 26.1 Å². The normalized spacial score (nSPS) is 34.4. The molecular formula is C14H27NO2. The second-order valence-corrected chi connectivity index (χ2v) is 6.79. The maximum absolute atomic E-state index is 5.94. The van der Waals surface area contributed by atoms with Crippen molar-refractivity contribution in [3.05, 3.63) is 0 Å². The van der Waals surface area contributed by atoms with E-state index >= 15 is 0 Å². The molecule has 1 spiro atoms. The van der Waals surface area contributed by atoms with Crippen molar-refractivity contribution in [1.29, 1.82) is 0 Å². The molecule has 17 heavy (non-hydrogen) atoms. The fourth-order valence-electron chi connectivity index (χ4n) is 2.72. The van der Waals surface area contributed by atoms with E-state index in [0.29, 0.717) is 11.5 Å². The predicted molar refractivity (Wildman–Crippen MR) is 69.2 cm³/mol. The first-order valence-corrected chi connectivity index (χ1v) is 6.94. The van der Waals surface area contributed by atoms with Gasteiger partial charge < -0.3 is 14.8 Å². The van der Waals surface area contributed by atoms with Gasteiger partial charge in [-0.1, -0.05) is 20.8 Å². The molecule has 0 radical (unpaired) electrons. The third-order valence-electron chi connectivity index (χ3n) is 3.87. The average Bonchev–Trinajstić information content (AvgIpc) is 2.64. The first kappa shape index (κ1) is 13.3. The van der Waals surface area contributed by atoms with Crippen LogP contribution in [0.5, 0.6) is 0 Å². The SMILES string of the molecule is CC(C)(C)CCNC1CCOC2(CCOC2)C1. The minimum atomic E-state index is 0.0393. The topological polar surface area (TPSA) is 30.5 Å². The van der Waals surface area contributed by atoms with Gasteiger partial charge in [0.05, 0.1) is 12.2 Å². The summed E-state index contributed by atoms with van der Waals surface area (Å²) in [5.74, 6) is 0. The van der Waals surface area contributed by atoms with Crippen molar-refractivity contribution >= 4 is 0 Å². The highest BCUT2D eigenvalue weighted by Crippen LogP contribution is 2.32. The molecular weight excluding hydrogens is 214 g/mol. The minimum absolute atomic E-state index is 0.0393. The van der Waals surface area contributed by atoms with Crippen LogP contribution in [0.25, 0.3) is 0 Å².